The van der Waals surface area contributed by atoms with Crippen molar-refractivity contribution in [3.63, 3.8) is 0 Å². The lowest BCUT2D eigenvalue weighted by atomic mass is 10.3. The third kappa shape index (κ3) is 2.79. The summed E-state index contributed by atoms with van der Waals surface area (Å²) in [5.74, 6) is 0. The van der Waals surface area contributed by atoms with Gasteiger partial charge in [-0.3, -0.25) is 18.7 Å². The Morgan fingerprint density at radius 3 is 2.14 bits per heavy atom. The Labute approximate surface area is 131 Å². The maximum Gasteiger partial charge on any atom is 0.330 e. The van der Waals surface area contributed by atoms with Crippen molar-refractivity contribution in [3.05, 3.63) is 55.8 Å². The van der Waals surface area contributed by atoms with Crippen LogP contribution >= 0.6 is 11.6 Å². The highest BCUT2D eigenvalue weighted by Gasteiger charge is 2.25. The average Bonchev–Trinajstić information content (AvgIpc) is 2.45. The monoisotopic (exact) mass is 343 g/mol. The van der Waals surface area contributed by atoms with Gasteiger partial charge in [0.2, 0.25) is 0 Å². The molecule has 0 bridgehead atoms. The zero-order chi connectivity index (χ0) is 16.7. The van der Waals surface area contributed by atoms with Gasteiger partial charge in [-0.05, 0) is 31.2 Å². The molecule has 0 spiro atoms. The number of aromatic nitrogens is 2. The van der Waals surface area contributed by atoms with E-state index < -0.39 is 26.2 Å². The van der Waals surface area contributed by atoms with Gasteiger partial charge in [0.15, 0.2) is 4.90 Å². The highest BCUT2D eigenvalue weighted by Crippen LogP contribution is 2.17. The molecule has 0 aliphatic carbocycles. The van der Waals surface area contributed by atoms with Crippen molar-refractivity contribution in [2.45, 2.75) is 11.8 Å². The Balaban J connectivity index is 2.62. The average molecular weight is 344 g/mol. The van der Waals surface area contributed by atoms with Gasteiger partial charge in [0, 0.05) is 30.5 Å². The Bertz CT molecular complexity index is 943. The van der Waals surface area contributed by atoms with E-state index in [-0.39, 0.29) is 11.4 Å². The quantitative estimate of drug-likeness (QED) is 0.894. The second kappa shape index (κ2) is 5.62. The first-order chi connectivity index (χ1) is 10.1. The van der Waals surface area contributed by atoms with Crippen molar-refractivity contribution < 1.29 is 8.42 Å². The molecule has 118 valence electrons. The second-order valence-corrected chi connectivity index (χ2v) is 6.79. The summed E-state index contributed by atoms with van der Waals surface area (Å²) < 4.78 is 29.1. The molecular formula is C13H14ClN3O4S. The summed E-state index contributed by atoms with van der Waals surface area (Å²) in [5, 5.41) is 0.456. The Morgan fingerprint density at radius 2 is 1.59 bits per heavy atom. The molecule has 2 aromatic rings. The summed E-state index contributed by atoms with van der Waals surface area (Å²) in [4.78, 5) is 23.5. The molecule has 0 unspecified atom stereocenters. The van der Waals surface area contributed by atoms with E-state index in [2.05, 4.69) is 4.72 Å². The molecule has 0 radical (unpaired) electrons. The van der Waals surface area contributed by atoms with E-state index in [0.29, 0.717) is 5.02 Å². The first kappa shape index (κ1) is 16.3. The van der Waals surface area contributed by atoms with Crippen LogP contribution in [-0.4, -0.2) is 17.6 Å². The normalized spacial score (nSPS) is 11.5. The fraction of sp³-hybridized carbons (Fsp3) is 0.231. The second-order valence-electron chi connectivity index (χ2n) is 4.73. The Hall–Kier alpha value is -2.06. The zero-order valence-corrected chi connectivity index (χ0v) is 13.7. The van der Waals surface area contributed by atoms with Crippen molar-refractivity contribution >= 4 is 27.3 Å². The molecule has 0 amide bonds. The molecule has 7 nitrogen and oxygen atoms in total. The Kier molecular flexibility index (Phi) is 4.17. The molecule has 0 saturated heterocycles. The number of halogens is 1. The summed E-state index contributed by atoms with van der Waals surface area (Å²) in [6.45, 7) is 1.40. The summed E-state index contributed by atoms with van der Waals surface area (Å²) in [7, 11) is -1.51. The maximum atomic E-state index is 12.5. The molecule has 0 fully saturated rings. The topological polar surface area (TPSA) is 90.2 Å². The van der Waals surface area contributed by atoms with Crippen LogP contribution in [0.15, 0.2) is 38.8 Å². The minimum absolute atomic E-state index is 0.0644. The number of sulfonamides is 1. The Morgan fingerprint density at radius 1 is 1.05 bits per heavy atom. The summed E-state index contributed by atoms with van der Waals surface area (Å²) in [6.07, 6.45) is 0. The lowest BCUT2D eigenvalue weighted by molar-refractivity contribution is 0.583. The number of nitrogens with zero attached hydrogens (tertiary/aromatic N) is 2. The number of hydrogen-bond acceptors (Lipinski definition) is 4. The molecule has 22 heavy (non-hydrogen) atoms. The molecule has 9 heteroatoms. The van der Waals surface area contributed by atoms with E-state index in [9.17, 15) is 18.0 Å². The van der Waals surface area contributed by atoms with Crippen LogP contribution in [0, 0.1) is 6.92 Å². The standard InChI is InChI=1S/C13H14ClN3O4S/c1-8-11(12(18)17(3)13(19)16(8)2)22(20,21)15-10-6-4-9(14)5-7-10/h4-7,15H,1-3H3. The molecule has 1 heterocycles. The number of rotatable bonds is 3. The van der Waals surface area contributed by atoms with Crippen molar-refractivity contribution in [2.75, 3.05) is 4.72 Å². The minimum Gasteiger partial charge on any atom is -0.300 e. The number of benzene rings is 1. The van der Waals surface area contributed by atoms with E-state index >= 15 is 0 Å². The van der Waals surface area contributed by atoms with Gasteiger partial charge in [-0.1, -0.05) is 11.6 Å². The van der Waals surface area contributed by atoms with Crippen LogP contribution in [0.4, 0.5) is 5.69 Å². The third-order valence-corrected chi connectivity index (χ3v) is 5.03. The lowest BCUT2D eigenvalue weighted by Gasteiger charge is -2.13. The van der Waals surface area contributed by atoms with Crippen molar-refractivity contribution in [3.8, 4) is 0 Å². The smallest absolute Gasteiger partial charge is 0.300 e. The molecule has 1 N–H and O–H groups in total. The van der Waals surface area contributed by atoms with Gasteiger partial charge >= 0.3 is 5.69 Å². The SMILES string of the molecule is Cc1c(S(=O)(=O)Nc2ccc(Cl)cc2)c(=O)n(C)c(=O)n1C. The molecule has 0 aliphatic rings. The molecule has 1 aromatic carbocycles. The molecule has 0 saturated carbocycles. The van der Waals surface area contributed by atoms with Crippen LogP contribution in [0.3, 0.4) is 0 Å². The van der Waals surface area contributed by atoms with Gasteiger partial charge in [-0.2, -0.15) is 0 Å². The van der Waals surface area contributed by atoms with Crippen molar-refractivity contribution in [2.24, 2.45) is 14.1 Å². The van der Waals surface area contributed by atoms with Crippen molar-refractivity contribution in [1.29, 1.82) is 0 Å². The summed E-state index contributed by atoms with van der Waals surface area (Å²) in [6, 6.07) is 5.99. The van der Waals surface area contributed by atoms with Gasteiger partial charge in [-0.15, -0.1) is 0 Å². The van der Waals surface area contributed by atoms with Gasteiger partial charge in [0.1, 0.15) is 0 Å². The third-order valence-electron chi connectivity index (χ3n) is 3.27. The lowest BCUT2D eigenvalue weighted by Crippen LogP contribution is -2.42. The molecule has 0 atom stereocenters. The van der Waals surface area contributed by atoms with E-state index in [4.69, 9.17) is 11.6 Å². The molecule has 0 aliphatic heterocycles. The summed E-state index contributed by atoms with van der Waals surface area (Å²) >= 11 is 5.74. The first-order valence-electron chi connectivity index (χ1n) is 6.20. The fourth-order valence-electron chi connectivity index (χ4n) is 1.95. The fourth-order valence-corrected chi connectivity index (χ4v) is 3.52. The van der Waals surface area contributed by atoms with E-state index in [1.54, 1.807) is 0 Å². The molecule has 1 aromatic heterocycles. The number of anilines is 1. The van der Waals surface area contributed by atoms with Gasteiger partial charge in [0.25, 0.3) is 15.6 Å². The van der Waals surface area contributed by atoms with Gasteiger partial charge < -0.3 is 0 Å². The summed E-state index contributed by atoms with van der Waals surface area (Å²) in [5.41, 5.74) is -1.13. The highest BCUT2D eigenvalue weighted by molar-refractivity contribution is 7.92. The van der Waals surface area contributed by atoms with Crippen LogP contribution in [0.5, 0.6) is 0 Å². The van der Waals surface area contributed by atoms with Crippen molar-refractivity contribution in [1.82, 2.24) is 9.13 Å². The minimum atomic E-state index is -4.14. The van der Waals surface area contributed by atoms with Crippen LogP contribution in [-0.2, 0) is 24.1 Å². The maximum absolute atomic E-state index is 12.5. The highest BCUT2D eigenvalue weighted by atomic mass is 35.5. The van der Waals surface area contributed by atoms with Crippen LogP contribution in [0.25, 0.3) is 0 Å². The van der Waals surface area contributed by atoms with Crippen LogP contribution in [0.2, 0.25) is 5.02 Å². The van der Waals surface area contributed by atoms with E-state index in [0.717, 1.165) is 9.13 Å². The van der Waals surface area contributed by atoms with Gasteiger partial charge in [0.05, 0.1) is 0 Å². The number of nitrogens with one attached hydrogen (secondary N) is 1. The number of hydrogen-bond donors (Lipinski definition) is 1. The van der Waals surface area contributed by atoms with E-state index in [1.165, 1.54) is 45.3 Å². The molecule has 2 rings (SSSR count). The predicted octanol–water partition coefficient (Wildman–Crippen LogP) is 0.847. The first-order valence-corrected chi connectivity index (χ1v) is 8.06. The van der Waals surface area contributed by atoms with Crippen LogP contribution < -0.4 is 16.0 Å². The molecular weight excluding hydrogens is 330 g/mol. The largest absolute Gasteiger partial charge is 0.330 e. The predicted molar refractivity (Wildman–Crippen MR) is 83.9 cm³/mol. The van der Waals surface area contributed by atoms with Gasteiger partial charge in [-0.25, -0.2) is 13.2 Å². The van der Waals surface area contributed by atoms with Crippen LogP contribution in [0.1, 0.15) is 5.69 Å². The zero-order valence-electron chi connectivity index (χ0n) is 12.1. The van der Waals surface area contributed by atoms with E-state index in [1.807, 2.05) is 0 Å².